The number of aliphatic imine (C=N–C) groups is 1. The summed E-state index contributed by atoms with van der Waals surface area (Å²) in [5.74, 6) is 2.21. The first-order valence-corrected chi connectivity index (χ1v) is 10.2. The first kappa shape index (κ1) is 24.5. The Balaban J connectivity index is 0.00000341. The minimum absolute atomic E-state index is 0. The van der Waals surface area contributed by atoms with E-state index in [9.17, 15) is 0 Å². The quantitative estimate of drug-likeness (QED) is 0.170. The second-order valence-electron chi connectivity index (χ2n) is 6.56. The molecule has 0 aliphatic carbocycles. The van der Waals surface area contributed by atoms with Crippen LogP contribution in [0.15, 0.2) is 78.2 Å². The van der Waals surface area contributed by atoms with Crippen LogP contribution >= 0.6 is 24.0 Å². The van der Waals surface area contributed by atoms with Crippen LogP contribution in [0.4, 0.5) is 0 Å². The largest absolute Gasteiger partial charge is 0.490 e. The summed E-state index contributed by atoms with van der Waals surface area (Å²) < 4.78 is 13.4. The first-order chi connectivity index (χ1) is 14.8. The van der Waals surface area contributed by atoms with Crippen molar-refractivity contribution in [1.82, 2.24) is 20.2 Å². The Hall–Kier alpha value is -2.75. The molecule has 3 aromatic rings. The first-order valence-electron chi connectivity index (χ1n) is 10.2. The van der Waals surface area contributed by atoms with Crippen molar-refractivity contribution < 1.29 is 9.47 Å². The highest BCUT2D eigenvalue weighted by molar-refractivity contribution is 14.0. The molecule has 0 fully saturated rings. The zero-order chi connectivity index (χ0) is 20.9. The predicted molar refractivity (Wildman–Crippen MR) is 134 cm³/mol. The van der Waals surface area contributed by atoms with Gasteiger partial charge in [-0.3, -0.25) is 0 Å². The average molecular weight is 535 g/mol. The van der Waals surface area contributed by atoms with E-state index < -0.39 is 0 Å². The van der Waals surface area contributed by atoms with E-state index in [0.29, 0.717) is 25.6 Å². The lowest BCUT2D eigenvalue weighted by Crippen LogP contribution is -2.38. The summed E-state index contributed by atoms with van der Waals surface area (Å²) in [6.45, 7) is 6.01. The Morgan fingerprint density at radius 2 is 1.74 bits per heavy atom. The lowest BCUT2D eigenvalue weighted by Gasteiger charge is -2.12. The highest BCUT2D eigenvalue weighted by Gasteiger charge is 2.00. The molecule has 0 saturated carbocycles. The Bertz CT molecular complexity index is 871. The van der Waals surface area contributed by atoms with E-state index in [1.165, 1.54) is 0 Å². The van der Waals surface area contributed by atoms with Crippen molar-refractivity contribution in [1.29, 1.82) is 0 Å². The highest BCUT2D eigenvalue weighted by atomic mass is 127. The van der Waals surface area contributed by atoms with Gasteiger partial charge in [0.2, 0.25) is 5.88 Å². The van der Waals surface area contributed by atoms with E-state index in [4.69, 9.17) is 9.47 Å². The summed E-state index contributed by atoms with van der Waals surface area (Å²) in [5, 5.41) is 6.61. The van der Waals surface area contributed by atoms with E-state index in [2.05, 4.69) is 44.5 Å². The number of rotatable bonds is 11. The van der Waals surface area contributed by atoms with Crippen LogP contribution in [-0.4, -0.2) is 41.8 Å². The van der Waals surface area contributed by atoms with Crippen LogP contribution in [0.25, 0.3) is 0 Å². The lowest BCUT2D eigenvalue weighted by molar-refractivity contribution is 0.212. The number of halogens is 1. The van der Waals surface area contributed by atoms with Gasteiger partial charge in [-0.05, 0) is 36.8 Å². The van der Waals surface area contributed by atoms with Gasteiger partial charge in [-0.1, -0.05) is 24.3 Å². The van der Waals surface area contributed by atoms with Crippen LogP contribution < -0.4 is 20.1 Å². The Kier molecular flexibility index (Phi) is 11.3. The van der Waals surface area contributed by atoms with Crippen molar-refractivity contribution in [2.75, 3.05) is 26.3 Å². The van der Waals surface area contributed by atoms with E-state index >= 15 is 0 Å². The maximum absolute atomic E-state index is 5.64. The normalized spacial score (nSPS) is 10.8. The molecule has 2 N–H and O–H groups in total. The van der Waals surface area contributed by atoms with E-state index in [-0.39, 0.29) is 24.0 Å². The molecule has 0 bridgehead atoms. The van der Waals surface area contributed by atoms with Gasteiger partial charge in [-0.15, -0.1) is 24.0 Å². The summed E-state index contributed by atoms with van der Waals surface area (Å²) in [5.41, 5.74) is 1.02. The Morgan fingerprint density at radius 3 is 2.45 bits per heavy atom. The molecular formula is C23H30IN5O2. The van der Waals surface area contributed by atoms with Crippen LogP contribution in [0.5, 0.6) is 11.6 Å². The van der Waals surface area contributed by atoms with Crippen molar-refractivity contribution in [3.05, 3.63) is 78.8 Å². The molecule has 0 aliphatic heterocycles. The minimum atomic E-state index is 0. The van der Waals surface area contributed by atoms with E-state index in [0.717, 1.165) is 36.9 Å². The zero-order valence-electron chi connectivity index (χ0n) is 17.7. The van der Waals surface area contributed by atoms with Crippen LogP contribution in [0.3, 0.4) is 0 Å². The molecule has 2 heterocycles. The summed E-state index contributed by atoms with van der Waals surface area (Å²) in [7, 11) is 0. The second-order valence-corrected chi connectivity index (χ2v) is 6.56. The number of nitrogens with one attached hydrogen (secondary N) is 2. The fraction of sp³-hybridized carbons (Fsp3) is 0.304. The predicted octanol–water partition coefficient (Wildman–Crippen LogP) is 3.71. The van der Waals surface area contributed by atoms with Crippen molar-refractivity contribution in [3.8, 4) is 11.6 Å². The smallest absolute Gasteiger partial charge is 0.213 e. The van der Waals surface area contributed by atoms with Gasteiger partial charge in [-0.2, -0.15) is 0 Å². The number of ether oxygens (including phenoxy) is 2. The number of aromatic nitrogens is 2. The fourth-order valence-corrected chi connectivity index (χ4v) is 2.75. The maximum Gasteiger partial charge on any atom is 0.213 e. The number of nitrogens with zero attached hydrogens (tertiary/aromatic N) is 3. The SMILES string of the molecule is CCNC(=NCc1ccc(OCCOc2ccccc2)nc1)NCCn1cccc1.I. The summed E-state index contributed by atoms with van der Waals surface area (Å²) in [4.78, 5) is 8.98. The van der Waals surface area contributed by atoms with Gasteiger partial charge in [0, 0.05) is 44.3 Å². The lowest BCUT2D eigenvalue weighted by atomic mass is 10.3. The molecule has 0 saturated heterocycles. The third-order valence-corrected chi connectivity index (χ3v) is 4.24. The number of benzene rings is 1. The molecular weight excluding hydrogens is 505 g/mol. The molecule has 0 atom stereocenters. The van der Waals surface area contributed by atoms with Crippen molar-refractivity contribution in [2.45, 2.75) is 20.0 Å². The number of hydrogen-bond acceptors (Lipinski definition) is 4. The number of guanidine groups is 1. The molecule has 166 valence electrons. The molecule has 1 aromatic carbocycles. The van der Waals surface area contributed by atoms with Crippen molar-refractivity contribution >= 4 is 29.9 Å². The van der Waals surface area contributed by atoms with Gasteiger partial charge < -0.3 is 24.7 Å². The van der Waals surface area contributed by atoms with Crippen LogP contribution in [-0.2, 0) is 13.1 Å². The molecule has 0 aliphatic rings. The molecule has 0 unspecified atom stereocenters. The number of pyridine rings is 1. The Labute approximate surface area is 200 Å². The van der Waals surface area contributed by atoms with Crippen LogP contribution in [0.2, 0.25) is 0 Å². The standard InChI is InChI=1S/C23H29N5O2.HI/c1-2-24-23(25-12-15-28-13-6-7-14-28)27-19-20-10-11-22(26-18-20)30-17-16-29-21-8-4-3-5-9-21;/h3-11,13-14,18H,2,12,15-17,19H2,1H3,(H2,24,25,27);1H. The average Bonchev–Trinajstić information content (AvgIpc) is 3.30. The maximum atomic E-state index is 5.64. The molecule has 31 heavy (non-hydrogen) atoms. The highest BCUT2D eigenvalue weighted by Crippen LogP contribution is 2.10. The summed E-state index contributed by atoms with van der Waals surface area (Å²) in [6.07, 6.45) is 5.89. The topological polar surface area (TPSA) is 72.7 Å². The molecule has 2 aromatic heterocycles. The zero-order valence-corrected chi connectivity index (χ0v) is 20.1. The molecule has 0 spiro atoms. The summed E-state index contributed by atoms with van der Waals surface area (Å²) >= 11 is 0. The van der Waals surface area contributed by atoms with E-state index in [1.807, 2.05) is 54.6 Å². The van der Waals surface area contributed by atoms with Crippen LogP contribution in [0.1, 0.15) is 12.5 Å². The third kappa shape index (κ3) is 9.29. The molecule has 8 heteroatoms. The monoisotopic (exact) mass is 535 g/mol. The van der Waals surface area contributed by atoms with Gasteiger partial charge in [0.1, 0.15) is 19.0 Å². The van der Waals surface area contributed by atoms with Crippen LogP contribution in [0, 0.1) is 0 Å². The molecule has 7 nitrogen and oxygen atoms in total. The van der Waals surface area contributed by atoms with Gasteiger partial charge in [0.15, 0.2) is 5.96 Å². The fourth-order valence-electron chi connectivity index (χ4n) is 2.75. The minimum Gasteiger partial charge on any atom is -0.490 e. The molecule has 0 radical (unpaired) electrons. The van der Waals surface area contributed by atoms with E-state index in [1.54, 1.807) is 6.20 Å². The van der Waals surface area contributed by atoms with Crippen molar-refractivity contribution in [3.63, 3.8) is 0 Å². The second kappa shape index (κ2) is 14.3. The third-order valence-electron chi connectivity index (χ3n) is 4.24. The van der Waals surface area contributed by atoms with Gasteiger partial charge >= 0.3 is 0 Å². The van der Waals surface area contributed by atoms with Gasteiger partial charge in [0.05, 0.1) is 6.54 Å². The Morgan fingerprint density at radius 1 is 0.968 bits per heavy atom. The molecule has 0 amide bonds. The van der Waals surface area contributed by atoms with Gasteiger partial charge in [-0.25, -0.2) is 9.98 Å². The number of hydrogen-bond donors (Lipinski definition) is 2. The van der Waals surface area contributed by atoms with Crippen molar-refractivity contribution in [2.24, 2.45) is 4.99 Å². The number of para-hydroxylation sites is 1. The van der Waals surface area contributed by atoms with Gasteiger partial charge in [0.25, 0.3) is 0 Å². The molecule has 3 rings (SSSR count). The summed E-state index contributed by atoms with van der Waals surface area (Å²) in [6, 6.07) is 17.6.